The monoisotopic (exact) mass is 239 g/mol. The standard InChI is InChI=1S/C11H14FN3O2/c1-2-15(6-10(14)16)11(17)8-5-7(12)3-4-9(8)13/h3-5H,2,6,13H2,1H3,(H2,14,16). The van der Waals surface area contributed by atoms with E-state index in [4.69, 9.17) is 11.5 Å². The summed E-state index contributed by atoms with van der Waals surface area (Å²) in [7, 11) is 0. The highest BCUT2D eigenvalue weighted by molar-refractivity contribution is 6.00. The molecule has 1 aromatic carbocycles. The molecule has 1 aromatic rings. The smallest absolute Gasteiger partial charge is 0.256 e. The number of amides is 2. The molecule has 0 radical (unpaired) electrons. The lowest BCUT2D eigenvalue weighted by molar-refractivity contribution is -0.118. The van der Waals surface area contributed by atoms with E-state index in [9.17, 15) is 14.0 Å². The molecule has 0 aromatic heterocycles. The molecule has 0 aliphatic carbocycles. The molecule has 17 heavy (non-hydrogen) atoms. The van der Waals surface area contributed by atoms with Crippen LogP contribution in [0.25, 0.3) is 0 Å². The Balaban J connectivity index is 3.01. The van der Waals surface area contributed by atoms with Crippen LogP contribution < -0.4 is 11.5 Å². The maximum Gasteiger partial charge on any atom is 0.256 e. The van der Waals surface area contributed by atoms with Crippen molar-refractivity contribution in [1.82, 2.24) is 4.90 Å². The van der Waals surface area contributed by atoms with Crippen molar-refractivity contribution in [2.24, 2.45) is 5.73 Å². The van der Waals surface area contributed by atoms with Gasteiger partial charge in [0, 0.05) is 12.2 Å². The average molecular weight is 239 g/mol. The topological polar surface area (TPSA) is 89.4 Å². The van der Waals surface area contributed by atoms with Gasteiger partial charge >= 0.3 is 0 Å². The van der Waals surface area contributed by atoms with Crippen LogP contribution in [0.5, 0.6) is 0 Å². The van der Waals surface area contributed by atoms with E-state index in [1.54, 1.807) is 6.92 Å². The van der Waals surface area contributed by atoms with Crippen LogP contribution in [-0.2, 0) is 4.79 Å². The zero-order chi connectivity index (χ0) is 13.0. The molecule has 0 atom stereocenters. The first kappa shape index (κ1) is 13.0. The van der Waals surface area contributed by atoms with Gasteiger partial charge in [0.15, 0.2) is 0 Å². The fourth-order valence-corrected chi connectivity index (χ4v) is 1.40. The summed E-state index contributed by atoms with van der Waals surface area (Å²) < 4.78 is 13.0. The Labute approximate surface area is 98.2 Å². The van der Waals surface area contributed by atoms with Crippen LogP contribution in [0.2, 0.25) is 0 Å². The van der Waals surface area contributed by atoms with Crippen LogP contribution in [0.15, 0.2) is 18.2 Å². The Morgan fingerprint density at radius 3 is 2.59 bits per heavy atom. The lowest BCUT2D eigenvalue weighted by Gasteiger charge is -2.19. The second kappa shape index (κ2) is 5.29. The number of carbonyl (C=O) groups excluding carboxylic acids is 2. The van der Waals surface area contributed by atoms with Crippen molar-refractivity contribution in [3.63, 3.8) is 0 Å². The number of primary amides is 1. The van der Waals surface area contributed by atoms with Gasteiger partial charge in [-0.15, -0.1) is 0 Å². The van der Waals surface area contributed by atoms with Gasteiger partial charge in [-0.1, -0.05) is 0 Å². The number of rotatable bonds is 4. The highest BCUT2D eigenvalue weighted by Crippen LogP contribution is 2.15. The summed E-state index contributed by atoms with van der Waals surface area (Å²) in [4.78, 5) is 23.9. The molecule has 0 aliphatic heterocycles. The molecule has 1 rings (SSSR count). The van der Waals surface area contributed by atoms with E-state index in [2.05, 4.69) is 0 Å². The Morgan fingerprint density at radius 1 is 1.41 bits per heavy atom. The number of hydrogen-bond donors (Lipinski definition) is 2. The van der Waals surface area contributed by atoms with E-state index < -0.39 is 17.6 Å². The predicted octanol–water partition coefficient (Wildman–Crippen LogP) is 0.355. The minimum absolute atomic E-state index is 0.0353. The van der Waals surface area contributed by atoms with E-state index in [1.807, 2.05) is 0 Å². The third-order valence-electron chi connectivity index (χ3n) is 2.26. The van der Waals surface area contributed by atoms with Gasteiger partial charge in [0.1, 0.15) is 5.82 Å². The number of benzene rings is 1. The molecule has 0 spiro atoms. The molecule has 0 unspecified atom stereocenters. The van der Waals surface area contributed by atoms with E-state index in [0.29, 0.717) is 0 Å². The Hall–Kier alpha value is -2.11. The number of nitrogen functional groups attached to an aromatic ring is 1. The van der Waals surface area contributed by atoms with Crippen molar-refractivity contribution >= 4 is 17.5 Å². The molecule has 0 heterocycles. The number of nitrogens with two attached hydrogens (primary N) is 2. The molecule has 0 saturated carbocycles. The number of halogens is 1. The number of anilines is 1. The van der Waals surface area contributed by atoms with E-state index >= 15 is 0 Å². The predicted molar refractivity (Wildman–Crippen MR) is 61.6 cm³/mol. The lowest BCUT2D eigenvalue weighted by Crippen LogP contribution is -2.38. The van der Waals surface area contributed by atoms with Crippen LogP contribution in [0.3, 0.4) is 0 Å². The van der Waals surface area contributed by atoms with Crippen LogP contribution >= 0.6 is 0 Å². The van der Waals surface area contributed by atoms with Crippen molar-refractivity contribution in [1.29, 1.82) is 0 Å². The van der Waals surface area contributed by atoms with Gasteiger partial charge in [0.25, 0.3) is 5.91 Å². The quantitative estimate of drug-likeness (QED) is 0.743. The molecule has 0 saturated heterocycles. The lowest BCUT2D eigenvalue weighted by atomic mass is 10.1. The van der Waals surface area contributed by atoms with Crippen LogP contribution in [-0.4, -0.2) is 29.8 Å². The minimum Gasteiger partial charge on any atom is -0.398 e. The second-order valence-electron chi connectivity index (χ2n) is 3.52. The molecular weight excluding hydrogens is 225 g/mol. The summed E-state index contributed by atoms with van der Waals surface area (Å²) in [6.45, 7) is 1.76. The van der Waals surface area contributed by atoms with Gasteiger partial charge in [-0.2, -0.15) is 0 Å². The molecule has 92 valence electrons. The highest BCUT2D eigenvalue weighted by Gasteiger charge is 2.18. The summed E-state index contributed by atoms with van der Waals surface area (Å²) in [6, 6.07) is 3.51. The number of likely N-dealkylation sites (N-methyl/N-ethyl adjacent to an activating group) is 1. The van der Waals surface area contributed by atoms with Crippen molar-refractivity contribution in [2.75, 3.05) is 18.8 Å². The average Bonchev–Trinajstić information content (AvgIpc) is 2.28. The Bertz CT molecular complexity index is 448. The summed E-state index contributed by atoms with van der Waals surface area (Å²) >= 11 is 0. The molecule has 5 nitrogen and oxygen atoms in total. The van der Waals surface area contributed by atoms with Gasteiger partial charge in [-0.05, 0) is 25.1 Å². The molecule has 0 fully saturated rings. The molecule has 0 aliphatic rings. The highest BCUT2D eigenvalue weighted by atomic mass is 19.1. The van der Waals surface area contributed by atoms with Crippen molar-refractivity contribution in [3.8, 4) is 0 Å². The number of carbonyl (C=O) groups is 2. The van der Waals surface area contributed by atoms with E-state index in [0.717, 1.165) is 12.1 Å². The Morgan fingerprint density at radius 2 is 2.06 bits per heavy atom. The number of hydrogen-bond acceptors (Lipinski definition) is 3. The van der Waals surface area contributed by atoms with Gasteiger partial charge in [-0.3, -0.25) is 9.59 Å². The maximum absolute atomic E-state index is 13.0. The fourth-order valence-electron chi connectivity index (χ4n) is 1.40. The van der Waals surface area contributed by atoms with Gasteiger partial charge in [-0.25, -0.2) is 4.39 Å². The van der Waals surface area contributed by atoms with Gasteiger partial charge < -0.3 is 16.4 Å². The minimum atomic E-state index is -0.629. The molecule has 4 N–H and O–H groups in total. The molecule has 2 amide bonds. The fraction of sp³-hybridized carbons (Fsp3) is 0.273. The van der Waals surface area contributed by atoms with Gasteiger partial charge in [0.2, 0.25) is 5.91 Å². The molecular formula is C11H14FN3O2. The van der Waals surface area contributed by atoms with Crippen molar-refractivity contribution in [2.45, 2.75) is 6.92 Å². The van der Waals surface area contributed by atoms with E-state index in [1.165, 1.54) is 11.0 Å². The molecule has 0 bridgehead atoms. The first-order valence-electron chi connectivity index (χ1n) is 5.08. The summed E-state index contributed by atoms with van der Waals surface area (Å²) in [5, 5.41) is 0. The summed E-state index contributed by atoms with van der Waals surface area (Å²) in [5.74, 6) is -1.70. The first-order valence-corrected chi connectivity index (χ1v) is 5.08. The third kappa shape index (κ3) is 3.17. The van der Waals surface area contributed by atoms with E-state index in [-0.39, 0.29) is 24.3 Å². The second-order valence-corrected chi connectivity index (χ2v) is 3.52. The van der Waals surface area contributed by atoms with Gasteiger partial charge in [0.05, 0.1) is 12.1 Å². The summed E-state index contributed by atoms with van der Waals surface area (Å²) in [6.07, 6.45) is 0. The maximum atomic E-state index is 13.0. The summed E-state index contributed by atoms with van der Waals surface area (Å²) in [5.41, 5.74) is 10.8. The third-order valence-corrected chi connectivity index (χ3v) is 2.26. The zero-order valence-corrected chi connectivity index (χ0v) is 9.44. The molecule has 6 heteroatoms. The Kier molecular flexibility index (Phi) is 4.03. The van der Waals surface area contributed by atoms with Crippen LogP contribution in [0.4, 0.5) is 10.1 Å². The van der Waals surface area contributed by atoms with Crippen molar-refractivity contribution in [3.05, 3.63) is 29.6 Å². The van der Waals surface area contributed by atoms with Crippen LogP contribution in [0, 0.1) is 5.82 Å². The number of nitrogens with zero attached hydrogens (tertiary/aromatic N) is 1. The van der Waals surface area contributed by atoms with Crippen LogP contribution in [0.1, 0.15) is 17.3 Å². The first-order chi connectivity index (χ1) is 7.95. The zero-order valence-electron chi connectivity index (χ0n) is 9.44. The normalized spacial score (nSPS) is 10.0. The SMILES string of the molecule is CCN(CC(N)=O)C(=O)c1cc(F)ccc1N. The van der Waals surface area contributed by atoms with Crippen molar-refractivity contribution < 1.29 is 14.0 Å². The largest absolute Gasteiger partial charge is 0.398 e.